The Morgan fingerprint density at radius 2 is 2.22 bits per heavy atom. The van der Waals surface area contributed by atoms with Crippen molar-refractivity contribution >= 4 is 11.3 Å². The number of hydrogen-bond donors (Lipinski definition) is 1. The van der Waals surface area contributed by atoms with E-state index in [0.717, 1.165) is 11.8 Å². The molecule has 1 aliphatic carbocycles. The third kappa shape index (κ3) is 3.56. The zero-order chi connectivity index (χ0) is 12.4. The summed E-state index contributed by atoms with van der Waals surface area (Å²) in [7, 11) is 2.27. The summed E-state index contributed by atoms with van der Waals surface area (Å²) in [5.74, 6) is 1.83. The smallest absolute Gasteiger partial charge is 0.0198 e. The Bertz CT molecular complexity index is 359. The molecule has 1 aromatic rings. The number of piperidine rings is 1. The molecule has 3 heteroatoms. The molecule has 2 aliphatic rings. The summed E-state index contributed by atoms with van der Waals surface area (Å²) in [6, 6.07) is 5.18. The van der Waals surface area contributed by atoms with Crippen molar-refractivity contribution < 1.29 is 0 Å². The Morgan fingerprint density at radius 1 is 1.33 bits per heavy atom. The zero-order valence-electron chi connectivity index (χ0n) is 11.3. The first kappa shape index (κ1) is 12.6. The van der Waals surface area contributed by atoms with Crippen LogP contribution in [0, 0.1) is 11.8 Å². The Balaban J connectivity index is 1.50. The van der Waals surface area contributed by atoms with Crippen LogP contribution in [0.15, 0.2) is 17.5 Å². The van der Waals surface area contributed by atoms with Crippen LogP contribution in [0.25, 0.3) is 0 Å². The molecule has 0 radical (unpaired) electrons. The van der Waals surface area contributed by atoms with E-state index >= 15 is 0 Å². The molecule has 18 heavy (non-hydrogen) atoms. The van der Waals surface area contributed by atoms with Crippen LogP contribution < -0.4 is 5.32 Å². The maximum atomic E-state index is 3.79. The van der Waals surface area contributed by atoms with Crippen molar-refractivity contribution in [2.24, 2.45) is 11.8 Å². The molecule has 2 fully saturated rings. The molecular formula is C15H24N2S. The highest BCUT2D eigenvalue weighted by atomic mass is 32.1. The highest BCUT2D eigenvalue weighted by Crippen LogP contribution is 2.28. The van der Waals surface area contributed by atoms with Gasteiger partial charge in [-0.25, -0.2) is 0 Å². The largest absolute Gasteiger partial charge is 0.312 e. The van der Waals surface area contributed by atoms with E-state index in [9.17, 15) is 0 Å². The zero-order valence-corrected chi connectivity index (χ0v) is 12.1. The third-order valence-electron chi connectivity index (χ3n) is 4.18. The fourth-order valence-corrected chi connectivity index (χ4v) is 3.93. The summed E-state index contributed by atoms with van der Waals surface area (Å²) in [5, 5.41) is 5.98. The van der Waals surface area contributed by atoms with E-state index in [1.807, 2.05) is 11.3 Å². The molecule has 2 unspecified atom stereocenters. The second kappa shape index (κ2) is 5.72. The van der Waals surface area contributed by atoms with Gasteiger partial charge >= 0.3 is 0 Å². The van der Waals surface area contributed by atoms with Gasteiger partial charge in [0.15, 0.2) is 0 Å². The minimum atomic E-state index is 0.717. The molecular weight excluding hydrogens is 240 g/mol. The molecule has 1 aromatic heterocycles. The van der Waals surface area contributed by atoms with Crippen LogP contribution in [0.3, 0.4) is 0 Å². The predicted molar refractivity (Wildman–Crippen MR) is 78.1 cm³/mol. The van der Waals surface area contributed by atoms with Gasteiger partial charge in [-0.15, -0.1) is 11.3 Å². The van der Waals surface area contributed by atoms with Crippen LogP contribution in [0.5, 0.6) is 0 Å². The molecule has 1 aliphatic heterocycles. The van der Waals surface area contributed by atoms with Crippen LogP contribution in [0.1, 0.15) is 24.1 Å². The van der Waals surface area contributed by atoms with Crippen LogP contribution in [-0.4, -0.2) is 37.6 Å². The lowest BCUT2D eigenvalue weighted by Crippen LogP contribution is -2.48. The van der Waals surface area contributed by atoms with Crippen molar-refractivity contribution in [2.75, 3.05) is 26.7 Å². The van der Waals surface area contributed by atoms with Crippen LogP contribution in [-0.2, 0) is 6.42 Å². The van der Waals surface area contributed by atoms with Gasteiger partial charge in [0.1, 0.15) is 0 Å². The van der Waals surface area contributed by atoms with E-state index in [1.165, 1.54) is 45.3 Å². The van der Waals surface area contributed by atoms with E-state index in [-0.39, 0.29) is 0 Å². The average Bonchev–Trinajstić information content (AvgIpc) is 3.04. The highest BCUT2D eigenvalue weighted by molar-refractivity contribution is 7.09. The Hall–Kier alpha value is -0.380. The topological polar surface area (TPSA) is 15.3 Å². The minimum Gasteiger partial charge on any atom is -0.312 e. The normalized spacial score (nSPS) is 29.6. The second-order valence-electron chi connectivity index (χ2n) is 6.15. The van der Waals surface area contributed by atoms with E-state index in [4.69, 9.17) is 0 Å². The number of hydrogen-bond acceptors (Lipinski definition) is 3. The van der Waals surface area contributed by atoms with Crippen LogP contribution >= 0.6 is 11.3 Å². The summed E-state index contributed by atoms with van der Waals surface area (Å²) in [6.45, 7) is 3.75. The lowest BCUT2D eigenvalue weighted by molar-refractivity contribution is 0.168. The molecule has 0 amide bonds. The average molecular weight is 264 g/mol. The van der Waals surface area contributed by atoms with E-state index in [1.54, 1.807) is 4.88 Å². The lowest BCUT2D eigenvalue weighted by Gasteiger charge is -2.36. The summed E-state index contributed by atoms with van der Waals surface area (Å²) in [6.07, 6.45) is 5.53. The maximum absolute atomic E-state index is 3.79. The van der Waals surface area contributed by atoms with Gasteiger partial charge < -0.3 is 10.2 Å². The summed E-state index contributed by atoms with van der Waals surface area (Å²) < 4.78 is 0. The summed E-state index contributed by atoms with van der Waals surface area (Å²) in [5.41, 5.74) is 0. The van der Waals surface area contributed by atoms with Crippen molar-refractivity contribution in [3.8, 4) is 0 Å². The lowest BCUT2D eigenvalue weighted by atomic mass is 9.91. The van der Waals surface area contributed by atoms with Gasteiger partial charge in [0.25, 0.3) is 0 Å². The molecule has 0 bridgehead atoms. The number of nitrogens with zero attached hydrogens (tertiary/aromatic N) is 1. The minimum absolute atomic E-state index is 0.717. The van der Waals surface area contributed by atoms with Gasteiger partial charge in [-0.2, -0.15) is 0 Å². The molecule has 0 spiro atoms. The van der Waals surface area contributed by atoms with E-state index in [0.29, 0.717) is 6.04 Å². The standard InChI is InChI=1S/C15H24N2S/c1-17-10-13(8-15-3-2-6-18-15)7-14(11-17)16-9-12-4-5-12/h2-3,6,12-14,16H,4-5,7-11H2,1H3. The number of nitrogens with one attached hydrogen (secondary N) is 1. The maximum Gasteiger partial charge on any atom is 0.0198 e. The molecule has 3 rings (SSSR count). The van der Waals surface area contributed by atoms with Crippen molar-refractivity contribution in [1.82, 2.24) is 10.2 Å². The first-order valence-corrected chi connectivity index (χ1v) is 8.12. The van der Waals surface area contributed by atoms with Gasteiger partial charge in [-0.1, -0.05) is 6.07 Å². The van der Waals surface area contributed by atoms with Gasteiger partial charge in [0.2, 0.25) is 0 Å². The molecule has 2 atom stereocenters. The first-order valence-electron chi connectivity index (χ1n) is 7.24. The van der Waals surface area contributed by atoms with E-state index in [2.05, 4.69) is 34.8 Å². The molecule has 1 saturated heterocycles. The fourth-order valence-electron chi connectivity index (χ4n) is 3.11. The number of likely N-dealkylation sites (tertiary alicyclic amines) is 1. The molecule has 2 heterocycles. The quantitative estimate of drug-likeness (QED) is 0.879. The number of thiophene rings is 1. The molecule has 100 valence electrons. The van der Waals surface area contributed by atoms with Gasteiger partial charge in [0.05, 0.1) is 0 Å². The fraction of sp³-hybridized carbons (Fsp3) is 0.733. The Morgan fingerprint density at radius 3 is 2.94 bits per heavy atom. The number of rotatable bonds is 5. The van der Waals surface area contributed by atoms with Gasteiger partial charge in [0, 0.05) is 24.0 Å². The van der Waals surface area contributed by atoms with Crippen molar-refractivity contribution in [1.29, 1.82) is 0 Å². The second-order valence-corrected chi connectivity index (χ2v) is 7.19. The summed E-state index contributed by atoms with van der Waals surface area (Å²) in [4.78, 5) is 4.06. The Labute approximate surface area is 114 Å². The first-order chi connectivity index (χ1) is 8.79. The molecule has 1 N–H and O–H groups in total. The van der Waals surface area contributed by atoms with Crippen LogP contribution in [0.2, 0.25) is 0 Å². The molecule has 0 aromatic carbocycles. The number of likely N-dealkylation sites (N-methyl/N-ethyl adjacent to an activating group) is 1. The van der Waals surface area contributed by atoms with Crippen molar-refractivity contribution in [3.05, 3.63) is 22.4 Å². The monoisotopic (exact) mass is 264 g/mol. The van der Waals surface area contributed by atoms with Crippen molar-refractivity contribution in [3.63, 3.8) is 0 Å². The predicted octanol–water partition coefficient (Wildman–Crippen LogP) is 2.61. The highest BCUT2D eigenvalue weighted by Gasteiger charge is 2.27. The third-order valence-corrected chi connectivity index (χ3v) is 5.08. The SMILES string of the molecule is CN1CC(Cc2cccs2)CC(NCC2CC2)C1. The van der Waals surface area contributed by atoms with E-state index < -0.39 is 0 Å². The van der Waals surface area contributed by atoms with Crippen molar-refractivity contribution in [2.45, 2.75) is 31.7 Å². The molecule has 1 saturated carbocycles. The molecule has 2 nitrogen and oxygen atoms in total. The van der Waals surface area contributed by atoms with Crippen LogP contribution in [0.4, 0.5) is 0 Å². The Kier molecular flexibility index (Phi) is 4.02. The van der Waals surface area contributed by atoms with Gasteiger partial charge in [-0.05, 0) is 62.6 Å². The van der Waals surface area contributed by atoms with Gasteiger partial charge in [-0.3, -0.25) is 0 Å². The summed E-state index contributed by atoms with van der Waals surface area (Å²) >= 11 is 1.91.